The van der Waals surface area contributed by atoms with E-state index in [4.69, 9.17) is 9.47 Å². The van der Waals surface area contributed by atoms with Gasteiger partial charge in [-0.1, -0.05) is 0 Å². The molecule has 132 valence electrons. The molecule has 3 atom stereocenters. The first-order valence-corrected chi connectivity index (χ1v) is 9.15. The second-order valence-electron chi connectivity index (χ2n) is 7.56. The molecular weight excluding hydrogens is 377 g/mol. The first-order valence-electron chi connectivity index (χ1n) is 8.36. The van der Waals surface area contributed by atoms with Gasteiger partial charge >= 0.3 is 6.09 Å². The fraction of sp³-hybridized carbons (Fsp3) is 0.611. The average molecular weight is 400 g/mol. The third-order valence-corrected chi connectivity index (χ3v) is 5.14. The lowest BCUT2D eigenvalue weighted by atomic mass is 10.00. The Kier molecular flexibility index (Phi) is 4.78. The van der Waals surface area contributed by atoms with Gasteiger partial charge in [-0.15, -0.1) is 0 Å². The summed E-state index contributed by atoms with van der Waals surface area (Å²) >= 11 is 3.40. The molecule has 1 aromatic carbocycles. The van der Waals surface area contributed by atoms with E-state index in [0.717, 1.165) is 30.2 Å². The Morgan fingerprint density at radius 3 is 2.46 bits per heavy atom. The maximum Gasteiger partial charge on any atom is 0.410 e. The van der Waals surface area contributed by atoms with Crippen molar-refractivity contribution < 1.29 is 18.7 Å². The number of carbonyl (C=O) groups excluding carboxylic acids is 1. The van der Waals surface area contributed by atoms with Crippen molar-refractivity contribution in [2.24, 2.45) is 0 Å². The van der Waals surface area contributed by atoms with E-state index in [-0.39, 0.29) is 30.1 Å². The second-order valence-corrected chi connectivity index (χ2v) is 8.41. The van der Waals surface area contributed by atoms with Crippen molar-refractivity contribution in [3.8, 4) is 5.75 Å². The van der Waals surface area contributed by atoms with Crippen molar-refractivity contribution >= 4 is 22.0 Å². The van der Waals surface area contributed by atoms with Crippen LogP contribution in [0.25, 0.3) is 0 Å². The number of piperidine rings is 1. The molecule has 6 heteroatoms. The number of hydrogen-bond donors (Lipinski definition) is 0. The monoisotopic (exact) mass is 399 g/mol. The van der Waals surface area contributed by atoms with Gasteiger partial charge in [0, 0.05) is 31.0 Å². The van der Waals surface area contributed by atoms with Gasteiger partial charge in [0.15, 0.2) is 0 Å². The lowest BCUT2D eigenvalue weighted by molar-refractivity contribution is -0.00718. The molecule has 4 nitrogen and oxygen atoms in total. The summed E-state index contributed by atoms with van der Waals surface area (Å²) in [6.07, 6.45) is 3.18. The van der Waals surface area contributed by atoms with E-state index in [1.54, 1.807) is 6.07 Å². The summed E-state index contributed by atoms with van der Waals surface area (Å²) in [5, 5.41) is 0. The lowest BCUT2D eigenvalue weighted by Gasteiger charge is -2.39. The van der Waals surface area contributed by atoms with Crippen LogP contribution in [0.2, 0.25) is 0 Å². The van der Waals surface area contributed by atoms with Crippen LogP contribution in [0.1, 0.15) is 46.5 Å². The standard InChI is InChI=1S/C18H23BrFNO3/c1-18(2,3)24-17(22)21-12-5-6-13(21)10-14(9-12)23-16-8-11(20)4-7-15(16)19/h4,7-8,12-14H,5-6,9-10H2,1-3H3/t12-,13+,14+. The number of ether oxygens (including phenoxy) is 2. The van der Waals surface area contributed by atoms with Gasteiger partial charge in [0.1, 0.15) is 23.3 Å². The van der Waals surface area contributed by atoms with Gasteiger partial charge in [-0.05, 0) is 61.7 Å². The van der Waals surface area contributed by atoms with Gasteiger partial charge in [-0.2, -0.15) is 0 Å². The second kappa shape index (κ2) is 6.54. The summed E-state index contributed by atoms with van der Waals surface area (Å²) in [6, 6.07) is 4.71. The molecule has 2 aliphatic rings. The number of hydrogen-bond acceptors (Lipinski definition) is 3. The Labute approximate surface area is 150 Å². The van der Waals surface area contributed by atoms with Gasteiger partial charge in [-0.3, -0.25) is 0 Å². The fourth-order valence-electron chi connectivity index (χ4n) is 3.58. The minimum absolute atomic E-state index is 0.0145. The molecule has 1 aromatic rings. The van der Waals surface area contributed by atoms with Gasteiger partial charge in [0.05, 0.1) is 4.47 Å². The van der Waals surface area contributed by atoms with Gasteiger partial charge < -0.3 is 14.4 Å². The molecule has 0 aliphatic carbocycles. The average Bonchev–Trinajstić information content (AvgIpc) is 2.73. The molecule has 2 aliphatic heterocycles. The number of fused-ring (bicyclic) bond motifs is 2. The number of nitrogens with zero attached hydrogens (tertiary/aromatic N) is 1. The molecule has 24 heavy (non-hydrogen) atoms. The Hall–Kier alpha value is -1.30. The molecule has 0 unspecified atom stereocenters. The molecule has 0 N–H and O–H groups in total. The third kappa shape index (κ3) is 3.85. The third-order valence-electron chi connectivity index (χ3n) is 4.48. The minimum Gasteiger partial charge on any atom is -0.489 e. The zero-order chi connectivity index (χ0) is 17.5. The SMILES string of the molecule is CC(C)(C)OC(=O)N1[C@@H]2CC[C@H]1C[C@@H](Oc1cc(F)ccc1Br)C2. The van der Waals surface area contributed by atoms with Crippen LogP contribution in [-0.2, 0) is 4.74 Å². The minimum atomic E-state index is -0.490. The molecule has 0 aromatic heterocycles. The Balaban J connectivity index is 1.67. The van der Waals surface area contributed by atoms with Crippen LogP contribution in [-0.4, -0.2) is 34.8 Å². The molecule has 2 heterocycles. The Bertz CT molecular complexity index is 617. The lowest BCUT2D eigenvalue weighted by Crippen LogP contribution is -2.50. The topological polar surface area (TPSA) is 38.8 Å². The van der Waals surface area contributed by atoms with Crippen LogP contribution in [0.4, 0.5) is 9.18 Å². The van der Waals surface area contributed by atoms with Crippen LogP contribution in [0.3, 0.4) is 0 Å². The molecule has 1 amide bonds. The molecule has 0 saturated carbocycles. The number of rotatable bonds is 2. The highest BCUT2D eigenvalue weighted by molar-refractivity contribution is 9.10. The number of amides is 1. The normalized spacial score (nSPS) is 26.4. The van der Waals surface area contributed by atoms with E-state index in [2.05, 4.69) is 15.9 Å². The number of benzene rings is 1. The summed E-state index contributed by atoms with van der Waals surface area (Å²) in [6.45, 7) is 5.64. The van der Waals surface area contributed by atoms with Crippen molar-refractivity contribution in [2.45, 2.75) is 70.2 Å². The van der Waals surface area contributed by atoms with Crippen molar-refractivity contribution in [3.05, 3.63) is 28.5 Å². The van der Waals surface area contributed by atoms with Crippen molar-refractivity contribution in [3.63, 3.8) is 0 Å². The van der Waals surface area contributed by atoms with Crippen molar-refractivity contribution in [1.29, 1.82) is 0 Å². The molecule has 0 spiro atoms. The van der Waals surface area contributed by atoms with E-state index in [0.29, 0.717) is 5.75 Å². The van der Waals surface area contributed by atoms with Crippen LogP contribution in [0.15, 0.2) is 22.7 Å². The molecular formula is C18H23BrFNO3. The van der Waals surface area contributed by atoms with Crippen LogP contribution >= 0.6 is 15.9 Å². The highest BCUT2D eigenvalue weighted by Gasteiger charge is 2.45. The smallest absolute Gasteiger partial charge is 0.410 e. The van der Waals surface area contributed by atoms with Gasteiger partial charge in [0.25, 0.3) is 0 Å². The Morgan fingerprint density at radius 2 is 1.88 bits per heavy atom. The van der Waals surface area contributed by atoms with Crippen molar-refractivity contribution in [1.82, 2.24) is 4.90 Å². The van der Waals surface area contributed by atoms with E-state index in [9.17, 15) is 9.18 Å². The molecule has 0 radical (unpaired) electrons. The number of carbonyl (C=O) groups is 1. The quantitative estimate of drug-likeness (QED) is 0.709. The first-order chi connectivity index (χ1) is 11.2. The molecule has 2 saturated heterocycles. The van der Waals surface area contributed by atoms with E-state index < -0.39 is 5.60 Å². The maximum absolute atomic E-state index is 13.4. The molecule has 2 fully saturated rings. The first kappa shape index (κ1) is 17.5. The summed E-state index contributed by atoms with van der Waals surface area (Å²) < 4.78 is 25.7. The van der Waals surface area contributed by atoms with Crippen LogP contribution in [0.5, 0.6) is 5.75 Å². The molecule has 3 rings (SSSR count). The summed E-state index contributed by atoms with van der Waals surface area (Å²) in [4.78, 5) is 14.3. The fourth-order valence-corrected chi connectivity index (χ4v) is 3.92. The van der Waals surface area contributed by atoms with E-state index in [1.165, 1.54) is 12.1 Å². The predicted molar refractivity (Wildman–Crippen MR) is 92.6 cm³/mol. The Morgan fingerprint density at radius 1 is 1.25 bits per heavy atom. The van der Waals surface area contributed by atoms with Crippen LogP contribution in [0, 0.1) is 5.82 Å². The predicted octanol–water partition coefficient (Wildman–Crippen LogP) is 4.90. The van der Waals surface area contributed by atoms with E-state index in [1.807, 2.05) is 25.7 Å². The summed E-state index contributed by atoms with van der Waals surface area (Å²) in [7, 11) is 0. The summed E-state index contributed by atoms with van der Waals surface area (Å²) in [5.74, 6) is 0.201. The maximum atomic E-state index is 13.4. The highest BCUT2D eigenvalue weighted by Crippen LogP contribution is 2.39. The van der Waals surface area contributed by atoms with E-state index >= 15 is 0 Å². The largest absolute Gasteiger partial charge is 0.489 e. The zero-order valence-electron chi connectivity index (χ0n) is 14.2. The summed E-state index contributed by atoms with van der Waals surface area (Å²) in [5.41, 5.74) is -0.490. The van der Waals surface area contributed by atoms with Crippen molar-refractivity contribution in [2.75, 3.05) is 0 Å². The highest BCUT2D eigenvalue weighted by atomic mass is 79.9. The van der Waals surface area contributed by atoms with Crippen LogP contribution < -0.4 is 4.74 Å². The molecule has 2 bridgehead atoms. The zero-order valence-corrected chi connectivity index (χ0v) is 15.8. The van der Waals surface area contributed by atoms with Gasteiger partial charge in [-0.25, -0.2) is 9.18 Å². The number of halogens is 2. The van der Waals surface area contributed by atoms with Gasteiger partial charge in [0.2, 0.25) is 0 Å².